The lowest BCUT2D eigenvalue weighted by Crippen LogP contribution is -2.55. The maximum Gasteiger partial charge on any atom is 0.423 e. The molecule has 0 radical (unpaired) electrons. The third-order valence-electron chi connectivity index (χ3n) is 7.96. The van der Waals surface area contributed by atoms with Gasteiger partial charge in [-0.25, -0.2) is 15.1 Å². The van der Waals surface area contributed by atoms with Gasteiger partial charge in [-0.3, -0.25) is 9.59 Å². The maximum atomic E-state index is 13.6. The third-order valence-corrected chi connectivity index (χ3v) is 7.96. The largest absolute Gasteiger partial charge is 0.490 e. The summed E-state index contributed by atoms with van der Waals surface area (Å²) in [4.78, 5) is 42.5. The molecule has 45 heavy (non-hydrogen) atoms. The first kappa shape index (κ1) is 30.4. The van der Waals surface area contributed by atoms with Crippen LogP contribution in [0.25, 0.3) is 0 Å². The molecule has 6 heterocycles. The van der Waals surface area contributed by atoms with Crippen molar-refractivity contribution in [2.45, 2.75) is 43.7 Å². The molecule has 12 nitrogen and oxygen atoms in total. The predicted molar refractivity (Wildman–Crippen MR) is 144 cm³/mol. The normalized spacial score (nSPS) is 20.3. The molecule has 0 spiro atoms. The molecule has 1 amide bonds. The van der Waals surface area contributed by atoms with Crippen LogP contribution in [0, 0.1) is 0 Å². The average Bonchev–Trinajstić information content (AvgIpc) is 3.39. The van der Waals surface area contributed by atoms with Gasteiger partial charge in [-0.15, -0.1) is 0 Å². The minimum absolute atomic E-state index is 0.0334. The van der Waals surface area contributed by atoms with Gasteiger partial charge in [-0.2, -0.15) is 36.4 Å². The Labute approximate surface area is 251 Å². The fourth-order valence-corrected chi connectivity index (χ4v) is 5.84. The van der Waals surface area contributed by atoms with Gasteiger partial charge in [-0.1, -0.05) is 0 Å². The highest BCUT2D eigenvalue weighted by Gasteiger charge is 2.41. The molecule has 3 aliphatic rings. The van der Waals surface area contributed by atoms with Gasteiger partial charge in [0.25, 0.3) is 11.5 Å². The molecule has 240 valence electrons. The van der Waals surface area contributed by atoms with E-state index in [1.165, 1.54) is 22.1 Å². The number of carbonyl (C=O) groups excluding carboxylic acids is 1. The molecule has 0 bridgehead atoms. The highest BCUT2D eigenvalue weighted by Crippen LogP contribution is 2.39. The summed E-state index contributed by atoms with van der Waals surface area (Å²) in [5, 5.41) is 5.38. The van der Waals surface area contributed by atoms with Crippen LogP contribution in [-0.4, -0.2) is 87.4 Å². The van der Waals surface area contributed by atoms with Crippen molar-refractivity contribution >= 4 is 17.4 Å². The van der Waals surface area contributed by atoms with Crippen LogP contribution >= 0.6 is 0 Å². The first-order chi connectivity index (χ1) is 21.4. The summed E-state index contributed by atoms with van der Waals surface area (Å²) in [6.45, 7) is 1.05. The summed E-state index contributed by atoms with van der Waals surface area (Å²) in [5.74, 6) is -0.284. The minimum atomic E-state index is -4.88. The number of nitrogens with one attached hydrogen (secondary N) is 1. The molecule has 0 aromatic carbocycles. The molecule has 6 rings (SSSR count). The maximum absolute atomic E-state index is 13.6. The number of nitrogens with zero attached hydrogens (tertiary/aromatic N) is 7. The van der Waals surface area contributed by atoms with E-state index < -0.39 is 41.0 Å². The van der Waals surface area contributed by atoms with Crippen molar-refractivity contribution in [1.82, 2.24) is 30.0 Å². The molecular formula is C27H26F6N8O4. The van der Waals surface area contributed by atoms with Crippen molar-refractivity contribution in [3.8, 4) is 11.6 Å². The van der Waals surface area contributed by atoms with Gasteiger partial charge in [0.1, 0.15) is 12.2 Å². The van der Waals surface area contributed by atoms with Crippen molar-refractivity contribution < 1.29 is 40.6 Å². The summed E-state index contributed by atoms with van der Waals surface area (Å²) in [6.07, 6.45) is -4.89. The Balaban J connectivity index is 1.12. The number of aromatic nitrogens is 5. The lowest BCUT2D eigenvalue weighted by atomic mass is 10.1. The van der Waals surface area contributed by atoms with Crippen molar-refractivity contribution in [2.24, 2.45) is 0 Å². The van der Waals surface area contributed by atoms with Crippen LogP contribution < -0.4 is 24.8 Å². The van der Waals surface area contributed by atoms with Crippen molar-refractivity contribution in [1.29, 1.82) is 0 Å². The van der Waals surface area contributed by atoms with Gasteiger partial charge in [0.2, 0.25) is 11.7 Å². The second-order valence-electron chi connectivity index (χ2n) is 10.8. The number of amides is 1. The van der Waals surface area contributed by atoms with Gasteiger partial charge in [0, 0.05) is 51.1 Å². The van der Waals surface area contributed by atoms with Crippen LogP contribution in [0.5, 0.6) is 11.6 Å². The number of halogens is 6. The fourth-order valence-electron chi connectivity index (χ4n) is 5.84. The second kappa shape index (κ2) is 11.7. The first-order valence-electron chi connectivity index (χ1n) is 14.0. The first-order valence-corrected chi connectivity index (χ1v) is 14.0. The Morgan fingerprint density at radius 3 is 2.64 bits per heavy atom. The number of ether oxygens (including phenoxy) is 2. The molecule has 3 aromatic rings. The van der Waals surface area contributed by atoms with Gasteiger partial charge in [0.15, 0.2) is 11.6 Å². The number of carbonyl (C=O) groups is 1. The molecule has 2 saturated heterocycles. The zero-order valence-corrected chi connectivity index (χ0v) is 23.4. The number of fused-ring (bicyclic) bond motifs is 3. The van der Waals surface area contributed by atoms with Gasteiger partial charge in [-0.05, 0) is 18.9 Å². The third kappa shape index (κ3) is 6.17. The van der Waals surface area contributed by atoms with E-state index in [-0.39, 0.29) is 74.4 Å². The Morgan fingerprint density at radius 2 is 1.87 bits per heavy atom. The summed E-state index contributed by atoms with van der Waals surface area (Å²) < 4.78 is 91.8. The Kier molecular flexibility index (Phi) is 7.90. The minimum Gasteiger partial charge on any atom is -0.490 e. The predicted octanol–water partition coefficient (Wildman–Crippen LogP) is 3.15. The highest BCUT2D eigenvalue weighted by molar-refractivity contribution is 5.90. The van der Waals surface area contributed by atoms with E-state index in [4.69, 9.17) is 9.47 Å². The van der Waals surface area contributed by atoms with E-state index in [0.717, 1.165) is 18.5 Å². The molecule has 18 heteroatoms. The molecule has 1 N–H and O–H groups in total. The molecule has 2 atom stereocenters. The number of pyridine rings is 1. The van der Waals surface area contributed by atoms with E-state index in [1.807, 2.05) is 10.00 Å². The number of aromatic amines is 1. The number of piperazine rings is 1. The number of hydrogen-bond donors (Lipinski definition) is 1. The Hall–Kier alpha value is -4.64. The monoisotopic (exact) mass is 640 g/mol. The second-order valence-corrected chi connectivity index (χ2v) is 10.8. The standard InChI is InChI=1S/C27H26F6N8O4/c28-26(29,30)15-10-19-23(35-11-15)41-8-7-39(13-16(41)4-9-44-19)25(43)22-34-5-3-20(37-22)45-14-17-2-1-6-40(17)18-12-36-38-24(42)21(18)27(31,32)33/h3,5,10-12,16-17H,1-2,4,6-9,13-14H2,(H,38,42)/t16?,17-/m0/s1. The topological polar surface area (TPSA) is 130 Å². The molecule has 3 aromatic heterocycles. The van der Waals surface area contributed by atoms with Gasteiger partial charge >= 0.3 is 12.4 Å². The van der Waals surface area contributed by atoms with Crippen LogP contribution in [0.15, 0.2) is 35.5 Å². The SMILES string of the molecule is O=C(c1nccc(OC[C@@H]2CCCN2c2cn[nH]c(=O)c2C(F)(F)F)n1)N1CCN2c3ncc(C(F)(F)F)cc3OCCC2C1. The zero-order valence-electron chi connectivity index (χ0n) is 23.4. The molecule has 0 aliphatic carbocycles. The van der Waals surface area contributed by atoms with E-state index in [1.54, 1.807) is 0 Å². The highest BCUT2D eigenvalue weighted by atomic mass is 19.4. The molecule has 1 unspecified atom stereocenters. The van der Waals surface area contributed by atoms with Crippen LogP contribution in [0.1, 0.15) is 41.0 Å². The van der Waals surface area contributed by atoms with E-state index in [9.17, 15) is 35.9 Å². The number of alkyl halides is 6. The van der Waals surface area contributed by atoms with Gasteiger partial charge < -0.3 is 24.2 Å². The van der Waals surface area contributed by atoms with Crippen molar-refractivity contribution in [3.05, 3.63) is 58.0 Å². The van der Waals surface area contributed by atoms with Crippen LogP contribution in [0.2, 0.25) is 0 Å². The van der Waals surface area contributed by atoms with Crippen LogP contribution in [-0.2, 0) is 12.4 Å². The van der Waals surface area contributed by atoms with Crippen molar-refractivity contribution in [2.75, 3.05) is 49.2 Å². The number of anilines is 2. The number of H-pyrrole nitrogens is 1. The lowest BCUT2D eigenvalue weighted by molar-refractivity contribution is -0.139. The smallest absolute Gasteiger partial charge is 0.423 e. The summed E-state index contributed by atoms with van der Waals surface area (Å²) >= 11 is 0. The lowest BCUT2D eigenvalue weighted by Gasteiger charge is -2.40. The van der Waals surface area contributed by atoms with E-state index in [0.29, 0.717) is 19.3 Å². The quantitative estimate of drug-likeness (QED) is 0.416. The molecule has 3 aliphatic heterocycles. The van der Waals surface area contributed by atoms with E-state index >= 15 is 0 Å². The Bertz CT molecular complexity index is 1630. The number of rotatable bonds is 5. The van der Waals surface area contributed by atoms with Crippen LogP contribution in [0.4, 0.5) is 37.8 Å². The molecule has 0 saturated carbocycles. The average molecular weight is 641 g/mol. The zero-order chi connectivity index (χ0) is 31.9. The fraction of sp³-hybridized carbons (Fsp3) is 0.481. The molecule has 2 fully saturated rings. The van der Waals surface area contributed by atoms with Gasteiger partial charge in [0.05, 0.1) is 36.1 Å². The van der Waals surface area contributed by atoms with Crippen LogP contribution in [0.3, 0.4) is 0 Å². The Morgan fingerprint density at radius 1 is 1.04 bits per heavy atom. The summed E-state index contributed by atoms with van der Waals surface area (Å²) in [7, 11) is 0. The van der Waals surface area contributed by atoms with E-state index in [2.05, 4.69) is 20.1 Å². The number of hydrogen-bond acceptors (Lipinski definition) is 10. The van der Waals surface area contributed by atoms with Crippen molar-refractivity contribution in [3.63, 3.8) is 0 Å². The summed E-state index contributed by atoms with van der Waals surface area (Å²) in [5.41, 5.74) is -3.91. The summed E-state index contributed by atoms with van der Waals surface area (Å²) in [6, 6.07) is 1.56. The molecular weight excluding hydrogens is 614 g/mol.